The minimum Gasteiger partial charge on any atom is -0.396 e. The number of nitrogens with zero attached hydrogens (tertiary/aromatic N) is 1. The number of carbonyl (C=O) groups excluding carboxylic acids is 1. The molecule has 3 nitrogen and oxygen atoms in total. The second-order valence-corrected chi connectivity index (χ2v) is 6.23. The Balaban J connectivity index is 1.54. The first-order chi connectivity index (χ1) is 8.28. The van der Waals surface area contributed by atoms with Crippen molar-refractivity contribution in [1.82, 2.24) is 4.90 Å². The molecule has 1 amide bonds. The molecule has 0 spiro atoms. The number of rotatable bonds is 3. The lowest BCUT2D eigenvalue weighted by molar-refractivity contribution is -0.137. The molecule has 1 saturated heterocycles. The molecule has 0 radical (unpaired) electrons. The number of fused-ring (bicyclic) bond motifs is 1. The van der Waals surface area contributed by atoms with Gasteiger partial charge in [0.2, 0.25) is 5.91 Å². The number of carbonyl (C=O) groups is 1. The molecule has 3 aliphatic rings. The molecule has 1 N–H and O–H groups in total. The summed E-state index contributed by atoms with van der Waals surface area (Å²) in [6.07, 6.45) is 6.86. The molecule has 0 aromatic carbocycles. The molecule has 0 bridgehead atoms. The standard InChI is InChI=1S/C14H23NO2/c16-5-3-10-2-1-4-15(9-10)14(17)13-7-11-6-12(11)8-13/h10-13,16H,1-9H2. The summed E-state index contributed by atoms with van der Waals surface area (Å²) in [6, 6.07) is 0. The van der Waals surface area contributed by atoms with Crippen LogP contribution in [-0.2, 0) is 4.79 Å². The lowest BCUT2D eigenvalue weighted by Crippen LogP contribution is -2.43. The summed E-state index contributed by atoms with van der Waals surface area (Å²) in [7, 11) is 0. The van der Waals surface area contributed by atoms with Crippen molar-refractivity contribution in [1.29, 1.82) is 0 Å². The normalized spacial score (nSPS) is 40.2. The van der Waals surface area contributed by atoms with Gasteiger partial charge < -0.3 is 10.0 Å². The predicted molar refractivity (Wildman–Crippen MR) is 65.3 cm³/mol. The molecular formula is C14H23NO2. The third-order valence-electron chi connectivity index (χ3n) is 4.96. The Hall–Kier alpha value is -0.570. The van der Waals surface area contributed by atoms with E-state index in [1.807, 2.05) is 0 Å². The molecule has 3 unspecified atom stereocenters. The number of hydrogen-bond donors (Lipinski definition) is 1. The van der Waals surface area contributed by atoms with E-state index in [0.29, 0.717) is 17.7 Å². The Morgan fingerprint density at radius 2 is 2.00 bits per heavy atom. The summed E-state index contributed by atoms with van der Waals surface area (Å²) >= 11 is 0. The van der Waals surface area contributed by atoms with Crippen molar-refractivity contribution in [2.45, 2.75) is 38.5 Å². The van der Waals surface area contributed by atoms with Gasteiger partial charge in [-0.1, -0.05) is 0 Å². The quantitative estimate of drug-likeness (QED) is 0.811. The number of amides is 1. The average molecular weight is 237 g/mol. The first-order valence-corrected chi connectivity index (χ1v) is 7.17. The fourth-order valence-corrected chi connectivity index (χ4v) is 3.86. The zero-order valence-corrected chi connectivity index (χ0v) is 10.5. The molecule has 3 atom stereocenters. The van der Waals surface area contributed by atoms with Crippen LogP contribution in [0.3, 0.4) is 0 Å². The highest BCUT2D eigenvalue weighted by molar-refractivity contribution is 5.79. The van der Waals surface area contributed by atoms with Crippen LogP contribution < -0.4 is 0 Å². The van der Waals surface area contributed by atoms with Gasteiger partial charge in [0.1, 0.15) is 0 Å². The van der Waals surface area contributed by atoms with Crippen LogP contribution >= 0.6 is 0 Å². The average Bonchev–Trinajstić information content (AvgIpc) is 2.96. The maximum absolute atomic E-state index is 12.4. The number of aliphatic hydroxyl groups is 1. The summed E-state index contributed by atoms with van der Waals surface area (Å²) < 4.78 is 0. The van der Waals surface area contributed by atoms with Crippen molar-refractivity contribution in [2.24, 2.45) is 23.7 Å². The van der Waals surface area contributed by atoms with E-state index in [0.717, 1.165) is 50.6 Å². The second-order valence-electron chi connectivity index (χ2n) is 6.23. The van der Waals surface area contributed by atoms with E-state index in [2.05, 4.69) is 4.90 Å². The van der Waals surface area contributed by atoms with Crippen LogP contribution in [0, 0.1) is 23.7 Å². The van der Waals surface area contributed by atoms with Crippen molar-refractivity contribution in [3.05, 3.63) is 0 Å². The number of likely N-dealkylation sites (tertiary alicyclic amines) is 1. The molecular weight excluding hydrogens is 214 g/mol. The van der Waals surface area contributed by atoms with Gasteiger partial charge in [-0.05, 0) is 56.3 Å². The summed E-state index contributed by atoms with van der Waals surface area (Å²) in [5, 5.41) is 8.99. The van der Waals surface area contributed by atoms with Crippen LogP contribution in [0.1, 0.15) is 38.5 Å². The smallest absolute Gasteiger partial charge is 0.225 e. The largest absolute Gasteiger partial charge is 0.396 e. The highest BCUT2D eigenvalue weighted by atomic mass is 16.3. The Labute approximate surface area is 103 Å². The molecule has 3 rings (SSSR count). The predicted octanol–water partition coefficient (Wildman–Crippen LogP) is 1.65. The molecule has 0 aromatic rings. The number of hydrogen-bond acceptors (Lipinski definition) is 2. The van der Waals surface area contributed by atoms with Gasteiger partial charge >= 0.3 is 0 Å². The minimum atomic E-state index is 0.264. The van der Waals surface area contributed by atoms with Crippen LogP contribution in [-0.4, -0.2) is 35.6 Å². The highest BCUT2D eigenvalue weighted by Crippen LogP contribution is 2.54. The zero-order chi connectivity index (χ0) is 11.8. The van der Waals surface area contributed by atoms with Crippen molar-refractivity contribution in [3.8, 4) is 0 Å². The molecule has 96 valence electrons. The first-order valence-electron chi connectivity index (χ1n) is 7.17. The monoisotopic (exact) mass is 237 g/mol. The van der Waals surface area contributed by atoms with Crippen LogP contribution in [0.15, 0.2) is 0 Å². The van der Waals surface area contributed by atoms with Crippen molar-refractivity contribution in [3.63, 3.8) is 0 Å². The molecule has 2 saturated carbocycles. The molecule has 2 aliphatic carbocycles. The molecule has 1 heterocycles. The van der Waals surface area contributed by atoms with Crippen LogP contribution in [0.2, 0.25) is 0 Å². The molecule has 0 aromatic heterocycles. The Morgan fingerprint density at radius 1 is 1.24 bits per heavy atom. The lowest BCUT2D eigenvalue weighted by atomic mass is 9.93. The summed E-state index contributed by atoms with van der Waals surface area (Å²) in [5.41, 5.74) is 0. The third kappa shape index (κ3) is 2.35. The number of piperidine rings is 1. The van der Waals surface area contributed by atoms with E-state index in [-0.39, 0.29) is 6.61 Å². The van der Waals surface area contributed by atoms with Crippen LogP contribution in [0.4, 0.5) is 0 Å². The van der Waals surface area contributed by atoms with E-state index < -0.39 is 0 Å². The lowest BCUT2D eigenvalue weighted by Gasteiger charge is -2.34. The summed E-state index contributed by atoms with van der Waals surface area (Å²) in [6.45, 7) is 2.11. The number of aliphatic hydroxyl groups excluding tert-OH is 1. The van der Waals surface area contributed by atoms with Crippen molar-refractivity contribution >= 4 is 5.91 Å². The fourth-order valence-electron chi connectivity index (χ4n) is 3.86. The third-order valence-corrected chi connectivity index (χ3v) is 4.96. The molecule has 3 heteroatoms. The SMILES string of the molecule is O=C(C1CC2CC2C1)N1CCCC(CCO)C1. The van der Waals surface area contributed by atoms with Gasteiger partial charge in [-0.15, -0.1) is 0 Å². The van der Waals surface area contributed by atoms with E-state index in [1.54, 1.807) is 0 Å². The van der Waals surface area contributed by atoms with Crippen molar-refractivity contribution < 1.29 is 9.90 Å². The molecule has 1 aliphatic heterocycles. The van der Waals surface area contributed by atoms with Crippen LogP contribution in [0.25, 0.3) is 0 Å². The van der Waals surface area contributed by atoms with Gasteiger partial charge in [0.05, 0.1) is 0 Å². The van der Waals surface area contributed by atoms with Gasteiger partial charge in [0, 0.05) is 25.6 Å². The first kappa shape index (κ1) is 11.5. The van der Waals surface area contributed by atoms with E-state index in [4.69, 9.17) is 5.11 Å². The van der Waals surface area contributed by atoms with Gasteiger partial charge in [-0.2, -0.15) is 0 Å². The summed E-state index contributed by atoms with van der Waals surface area (Å²) in [4.78, 5) is 14.5. The van der Waals surface area contributed by atoms with Gasteiger partial charge in [-0.25, -0.2) is 0 Å². The Kier molecular flexibility index (Phi) is 3.12. The zero-order valence-electron chi connectivity index (χ0n) is 10.5. The van der Waals surface area contributed by atoms with Gasteiger partial charge in [0.15, 0.2) is 0 Å². The highest BCUT2D eigenvalue weighted by Gasteiger charge is 2.48. The summed E-state index contributed by atoms with van der Waals surface area (Å²) in [5.74, 6) is 3.07. The van der Waals surface area contributed by atoms with Gasteiger partial charge in [0.25, 0.3) is 0 Å². The van der Waals surface area contributed by atoms with Crippen molar-refractivity contribution in [2.75, 3.05) is 19.7 Å². The van der Waals surface area contributed by atoms with E-state index in [1.165, 1.54) is 12.8 Å². The Morgan fingerprint density at radius 3 is 2.71 bits per heavy atom. The second kappa shape index (κ2) is 4.60. The minimum absolute atomic E-state index is 0.264. The van der Waals surface area contributed by atoms with E-state index in [9.17, 15) is 4.79 Å². The topological polar surface area (TPSA) is 40.5 Å². The fraction of sp³-hybridized carbons (Fsp3) is 0.929. The Bertz CT molecular complexity index is 293. The maximum Gasteiger partial charge on any atom is 0.225 e. The molecule has 3 fully saturated rings. The van der Waals surface area contributed by atoms with E-state index >= 15 is 0 Å². The maximum atomic E-state index is 12.4. The van der Waals surface area contributed by atoms with Crippen LogP contribution in [0.5, 0.6) is 0 Å². The molecule has 17 heavy (non-hydrogen) atoms. The van der Waals surface area contributed by atoms with Gasteiger partial charge in [-0.3, -0.25) is 4.79 Å².